The van der Waals surface area contributed by atoms with Crippen molar-refractivity contribution in [3.63, 3.8) is 0 Å². The first-order valence-corrected chi connectivity index (χ1v) is 13.4. The normalized spacial score (nSPS) is 18.7. The minimum absolute atomic E-state index is 0.0958. The number of benzene rings is 2. The largest absolute Gasteiger partial charge is 0.399 e. The second-order valence-electron chi connectivity index (χ2n) is 10.1. The second-order valence-corrected chi connectivity index (χ2v) is 11.3. The van der Waals surface area contributed by atoms with Crippen LogP contribution < -0.4 is 10.6 Å². The maximum atomic E-state index is 15.1. The summed E-state index contributed by atoms with van der Waals surface area (Å²) in [5.41, 5.74) is -0.641. The lowest BCUT2D eigenvalue weighted by atomic mass is 9.95. The number of nitrogens with one attached hydrogen (secondary N) is 2. The molecule has 4 nitrogen and oxygen atoms in total. The number of aliphatic hydroxyl groups is 1. The van der Waals surface area contributed by atoms with Gasteiger partial charge in [0.1, 0.15) is 18.0 Å². The Morgan fingerprint density at radius 2 is 1.79 bits per heavy atom. The Morgan fingerprint density at radius 1 is 1.16 bits per heavy atom. The molecule has 2 aliphatic carbocycles. The molecule has 4 rings (SSSR count). The van der Waals surface area contributed by atoms with E-state index in [0.717, 1.165) is 18.6 Å². The third kappa shape index (κ3) is 6.83. The Bertz CT molecular complexity index is 1220. The summed E-state index contributed by atoms with van der Waals surface area (Å²) in [5.74, 6) is -3.19. The van der Waals surface area contributed by atoms with Crippen LogP contribution in [0.5, 0.6) is 0 Å². The fraction of sp³-hybridized carbons (Fsp3) is 0.444. The molecular formula is C27H27Cl3F4N2O2. The Hall–Kier alpha value is -1.84. The number of carbonyl (C=O) groups is 1. The van der Waals surface area contributed by atoms with E-state index >= 15 is 4.39 Å². The van der Waals surface area contributed by atoms with Gasteiger partial charge in [-0.25, -0.2) is 4.39 Å². The quantitative estimate of drug-likeness (QED) is 0.151. The molecule has 2 unspecified atom stereocenters. The van der Waals surface area contributed by atoms with Gasteiger partial charge in [0.2, 0.25) is 0 Å². The average Bonchev–Trinajstić information content (AvgIpc) is 3.76. The first kappa shape index (κ1) is 29.2. The van der Waals surface area contributed by atoms with E-state index in [9.17, 15) is 23.1 Å². The van der Waals surface area contributed by atoms with Crippen molar-refractivity contribution in [2.45, 2.75) is 62.9 Å². The van der Waals surface area contributed by atoms with Crippen LogP contribution in [0.4, 0.5) is 17.6 Å². The van der Waals surface area contributed by atoms with Crippen molar-refractivity contribution in [3.05, 3.63) is 73.7 Å². The molecule has 0 radical (unpaired) electrons. The number of hydrogen-bond donors (Lipinski definition) is 3. The summed E-state index contributed by atoms with van der Waals surface area (Å²) in [6.07, 6.45) is -0.652. The van der Waals surface area contributed by atoms with Gasteiger partial charge in [-0.2, -0.15) is 13.2 Å². The van der Waals surface area contributed by atoms with Crippen molar-refractivity contribution in [2.24, 2.45) is 5.92 Å². The lowest BCUT2D eigenvalue weighted by Crippen LogP contribution is -2.52. The van der Waals surface area contributed by atoms with E-state index in [-0.39, 0.29) is 31.8 Å². The maximum Gasteiger partial charge on any atom is 0.399 e. The molecule has 2 fully saturated rings. The van der Waals surface area contributed by atoms with Crippen LogP contribution in [0.25, 0.3) is 5.83 Å². The number of amides is 1. The highest BCUT2D eigenvalue weighted by Crippen LogP contribution is 2.42. The van der Waals surface area contributed by atoms with Gasteiger partial charge < -0.3 is 10.4 Å². The third-order valence-electron chi connectivity index (χ3n) is 7.04. The van der Waals surface area contributed by atoms with Gasteiger partial charge in [-0.15, -0.1) is 0 Å². The Kier molecular flexibility index (Phi) is 8.70. The third-order valence-corrected chi connectivity index (χ3v) is 8.24. The van der Waals surface area contributed by atoms with E-state index in [1.807, 2.05) is 0 Å². The van der Waals surface area contributed by atoms with Crippen LogP contribution in [-0.2, 0) is 0 Å². The van der Waals surface area contributed by atoms with Crippen LogP contribution in [-0.4, -0.2) is 35.5 Å². The molecule has 2 aromatic rings. The molecule has 0 aromatic heterocycles. The zero-order chi connectivity index (χ0) is 27.8. The highest BCUT2D eigenvalue weighted by molar-refractivity contribution is 6.48. The Morgan fingerprint density at radius 3 is 2.32 bits per heavy atom. The molecule has 2 saturated carbocycles. The van der Waals surface area contributed by atoms with Gasteiger partial charge >= 0.3 is 6.18 Å². The van der Waals surface area contributed by atoms with Crippen LogP contribution in [0.1, 0.15) is 65.1 Å². The molecule has 0 saturated heterocycles. The fourth-order valence-corrected chi connectivity index (χ4v) is 4.98. The van der Waals surface area contributed by atoms with Crippen molar-refractivity contribution in [3.8, 4) is 0 Å². The Labute approximate surface area is 233 Å². The molecule has 206 valence electrons. The number of hydrogen-bond acceptors (Lipinski definition) is 3. The van der Waals surface area contributed by atoms with Crippen LogP contribution >= 0.6 is 34.8 Å². The number of alkyl halides is 3. The highest BCUT2D eigenvalue weighted by Gasteiger charge is 2.50. The first-order chi connectivity index (χ1) is 17.8. The van der Waals surface area contributed by atoms with Crippen molar-refractivity contribution in [2.75, 3.05) is 6.54 Å². The van der Waals surface area contributed by atoms with E-state index < -0.39 is 35.6 Å². The SMILES string of the molecule is Cc1cc(/C(F)=C/C(c2cc(Cl)c(Cl)c(Cl)c2)C(F)(F)F)ccc1C(=O)NC1(C(O)NCCC2CC2)CC1. The summed E-state index contributed by atoms with van der Waals surface area (Å²) in [4.78, 5) is 12.9. The average molecular weight is 594 g/mol. The van der Waals surface area contributed by atoms with E-state index in [0.29, 0.717) is 36.9 Å². The van der Waals surface area contributed by atoms with Gasteiger partial charge in [0.25, 0.3) is 5.91 Å². The minimum atomic E-state index is -4.83. The fourth-order valence-electron chi connectivity index (χ4n) is 4.36. The molecule has 0 spiro atoms. The van der Waals surface area contributed by atoms with Gasteiger partial charge in [0, 0.05) is 11.1 Å². The summed E-state index contributed by atoms with van der Waals surface area (Å²) < 4.78 is 56.6. The Balaban J connectivity index is 1.49. The van der Waals surface area contributed by atoms with Gasteiger partial charge in [-0.1, -0.05) is 53.7 Å². The van der Waals surface area contributed by atoms with E-state index in [1.54, 1.807) is 6.92 Å². The van der Waals surface area contributed by atoms with Crippen LogP contribution in [0.15, 0.2) is 36.4 Å². The van der Waals surface area contributed by atoms with E-state index in [2.05, 4.69) is 10.6 Å². The molecule has 11 heteroatoms. The number of aliphatic hydroxyl groups excluding tert-OH is 1. The lowest BCUT2D eigenvalue weighted by Gasteiger charge is -2.25. The summed E-state index contributed by atoms with van der Waals surface area (Å²) in [6, 6.07) is 5.90. The monoisotopic (exact) mass is 592 g/mol. The molecular weight excluding hydrogens is 567 g/mol. The standard InChI is InChI=1S/C27H27Cl3F4N2O2/c1-14-10-16(22(31)13-19(27(32,33)34)17-11-20(28)23(30)21(29)12-17)4-5-18(14)24(37)36-26(7-8-26)25(38)35-9-6-15-2-3-15/h4-5,10-13,15,19,25,35,38H,2-3,6-9H2,1H3,(H,36,37)/b22-13-. The number of allylic oxidation sites excluding steroid dienone is 1. The van der Waals surface area contributed by atoms with Crippen LogP contribution in [0, 0.1) is 12.8 Å². The molecule has 2 aromatic carbocycles. The van der Waals surface area contributed by atoms with Crippen molar-refractivity contribution >= 4 is 46.5 Å². The lowest BCUT2D eigenvalue weighted by molar-refractivity contribution is -0.139. The molecule has 0 aliphatic heterocycles. The van der Waals surface area contributed by atoms with Crippen molar-refractivity contribution < 1.29 is 27.5 Å². The van der Waals surface area contributed by atoms with Crippen molar-refractivity contribution in [1.29, 1.82) is 0 Å². The van der Waals surface area contributed by atoms with Gasteiger partial charge in [0.15, 0.2) is 0 Å². The number of halogens is 7. The number of carbonyl (C=O) groups excluding carboxylic acids is 1. The molecule has 1 amide bonds. The van der Waals surface area contributed by atoms with Gasteiger partial charge in [-0.3, -0.25) is 10.1 Å². The topological polar surface area (TPSA) is 61.4 Å². The van der Waals surface area contributed by atoms with Gasteiger partial charge in [-0.05, 0) is 80.1 Å². The summed E-state index contributed by atoms with van der Waals surface area (Å²) in [5, 5.41) is 16.0. The number of rotatable bonds is 10. The summed E-state index contributed by atoms with van der Waals surface area (Å²) in [7, 11) is 0. The summed E-state index contributed by atoms with van der Waals surface area (Å²) in [6.45, 7) is 2.23. The second kappa shape index (κ2) is 11.3. The minimum Gasteiger partial charge on any atom is -0.376 e. The maximum absolute atomic E-state index is 15.1. The predicted molar refractivity (Wildman–Crippen MR) is 141 cm³/mol. The highest BCUT2D eigenvalue weighted by atomic mass is 35.5. The molecule has 3 N–H and O–H groups in total. The molecule has 0 bridgehead atoms. The predicted octanol–water partition coefficient (Wildman–Crippen LogP) is 7.58. The van der Waals surface area contributed by atoms with Crippen LogP contribution in [0.3, 0.4) is 0 Å². The molecule has 0 heterocycles. The van der Waals surface area contributed by atoms with Gasteiger partial charge in [0.05, 0.1) is 20.6 Å². The first-order valence-electron chi connectivity index (χ1n) is 12.2. The zero-order valence-electron chi connectivity index (χ0n) is 20.4. The van der Waals surface area contributed by atoms with E-state index in [4.69, 9.17) is 34.8 Å². The van der Waals surface area contributed by atoms with E-state index in [1.165, 1.54) is 31.0 Å². The zero-order valence-corrected chi connectivity index (χ0v) is 22.7. The summed E-state index contributed by atoms with van der Waals surface area (Å²) >= 11 is 17.6. The number of aryl methyl sites for hydroxylation is 1. The molecule has 2 aliphatic rings. The van der Waals surface area contributed by atoms with Crippen LogP contribution in [0.2, 0.25) is 15.1 Å². The van der Waals surface area contributed by atoms with Crippen molar-refractivity contribution in [1.82, 2.24) is 10.6 Å². The molecule has 38 heavy (non-hydrogen) atoms. The molecule has 2 atom stereocenters. The smallest absolute Gasteiger partial charge is 0.376 e.